The number of carbonyl (C=O) groups is 2. The standard InChI is InChI=1S/C24H24N4O4/c1-15-7-8-17(22(29)26-18-9-10-18)14-20(15)28-12-11-25-21(23(28)30)27-19(24(31)32)13-16-5-3-2-4-6-16/h2-8,11-12,14,18-19H,9-10,13H2,1H3,(H,25,27)(H,26,29)(H,31,32). The molecule has 8 nitrogen and oxygen atoms in total. The lowest BCUT2D eigenvalue weighted by molar-refractivity contribution is -0.137. The second kappa shape index (κ2) is 9.05. The molecule has 1 aliphatic carbocycles. The lowest BCUT2D eigenvalue weighted by Gasteiger charge is -2.16. The quantitative estimate of drug-likeness (QED) is 0.504. The van der Waals surface area contributed by atoms with Crippen LogP contribution in [0.4, 0.5) is 5.82 Å². The summed E-state index contributed by atoms with van der Waals surface area (Å²) >= 11 is 0. The van der Waals surface area contributed by atoms with E-state index in [2.05, 4.69) is 15.6 Å². The van der Waals surface area contributed by atoms with E-state index in [9.17, 15) is 19.5 Å². The molecule has 0 aliphatic heterocycles. The lowest BCUT2D eigenvalue weighted by atomic mass is 10.1. The maximum Gasteiger partial charge on any atom is 0.326 e. The van der Waals surface area contributed by atoms with Gasteiger partial charge in [-0.05, 0) is 43.0 Å². The van der Waals surface area contributed by atoms with Gasteiger partial charge >= 0.3 is 5.97 Å². The number of carboxylic acids is 1. The normalized spacial score (nSPS) is 13.9. The first kappa shape index (κ1) is 21.3. The van der Waals surface area contributed by atoms with Crippen molar-refractivity contribution < 1.29 is 14.7 Å². The van der Waals surface area contributed by atoms with Gasteiger partial charge in [-0.25, -0.2) is 9.78 Å². The number of aliphatic carboxylic acids is 1. The number of hydrogen-bond acceptors (Lipinski definition) is 5. The third-order valence-corrected chi connectivity index (χ3v) is 5.38. The van der Waals surface area contributed by atoms with Crippen molar-refractivity contribution in [2.45, 2.75) is 38.3 Å². The van der Waals surface area contributed by atoms with Crippen LogP contribution in [0.2, 0.25) is 0 Å². The molecule has 8 heteroatoms. The summed E-state index contributed by atoms with van der Waals surface area (Å²) in [6, 6.07) is 13.5. The maximum atomic E-state index is 13.1. The molecule has 1 aromatic heterocycles. The lowest BCUT2D eigenvalue weighted by Crippen LogP contribution is -2.35. The monoisotopic (exact) mass is 432 g/mol. The molecule has 1 unspecified atom stereocenters. The molecule has 1 fully saturated rings. The summed E-state index contributed by atoms with van der Waals surface area (Å²) in [6.45, 7) is 1.84. The van der Waals surface area contributed by atoms with Gasteiger partial charge in [0, 0.05) is 30.4 Å². The Bertz CT molecular complexity index is 1200. The molecule has 1 saturated carbocycles. The molecule has 164 valence electrons. The highest BCUT2D eigenvalue weighted by Gasteiger charge is 2.24. The molecule has 2 aromatic carbocycles. The number of carboxylic acid groups (broad SMARTS) is 1. The summed E-state index contributed by atoms with van der Waals surface area (Å²) < 4.78 is 1.37. The zero-order valence-electron chi connectivity index (χ0n) is 17.6. The number of aryl methyl sites for hydroxylation is 1. The molecule has 1 amide bonds. The van der Waals surface area contributed by atoms with Gasteiger partial charge in [-0.1, -0.05) is 36.4 Å². The molecule has 4 rings (SSSR count). The van der Waals surface area contributed by atoms with E-state index in [1.54, 1.807) is 18.2 Å². The fourth-order valence-electron chi connectivity index (χ4n) is 3.42. The van der Waals surface area contributed by atoms with E-state index in [4.69, 9.17) is 0 Å². The molecule has 32 heavy (non-hydrogen) atoms. The van der Waals surface area contributed by atoms with Gasteiger partial charge in [0.05, 0.1) is 5.69 Å². The highest BCUT2D eigenvalue weighted by Crippen LogP contribution is 2.21. The maximum absolute atomic E-state index is 13.1. The van der Waals surface area contributed by atoms with Gasteiger partial charge in [0.15, 0.2) is 5.82 Å². The van der Waals surface area contributed by atoms with Crippen LogP contribution < -0.4 is 16.2 Å². The highest BCUT2D eigenvalue weighted by atomic mass is 16.4. The zero-order chi connectivity index (χ0) is 22.7. The first-order valence-corrected chi connectivity index (χ1v) is 10.4. The van der Waals surface area contributed by atoms with E-state index in [0.717, 1.165) is 24.0 Å². The van der Waals surface area contributed by atoms with E-state index in [1.165, 1.54) is 17.0 Å². The Hall–Kier alpha value is -3.94. The van der Waals surface area contributed by atoms with Crippen molar-refractivity contribution in [1.82, 2.24) is 14.9 Å². The van der Waals surface area contributed by atoms with Gasteiger partial charge < -0.3 is 15.7 Å². The van der Waals surface area contributed by atoms with E-state index < -0.39 is 17.6 Å². The predicted molar refractivity (Wildman–Crippen MR) is 120 cm³/mol. The van der Waals surface area contributed by atoms with Crippen LogP contribution in [0.5, 0.6) is 0 Å². The van der Waals surface area contributed by atoms with Crippen LogP contribution in [0.3, 0.4) is 0 Å². The molecular formula is C24H24N4O4. The van der Waals surface area contributed by atoms with Crippen molar-refractivity contribution in [1.29, 1.82) is 0 Å². The highest BCUT2D eigenvalue weighted by molar-refractivity contribution is 5.95. The Morgan fingerprint density at radius 2 is 1.94 bits per heavy atom. The van der Waals surface area contributed by atoms with Crippen LogP contribution >= 0.6 is 0 Å². The molecule has 0 radical (unpaired) electrons. The number of rotatable bonds is 8. The molecule has 1 aliphatic rings. The summed E-state index contributed by atoms with van der Waals surface area (Å²) in [5, 5.41) is 15.4. The fraction of sp³-hybridized carbons (Fsp3) is 0.250. The first-order valence-electron chi connectivity index (χ1n) is 10.4. The Morgan fingerprint density at radius 3 is 2.62 bits per heavy atom. The second-order valence-corrected chi connectivity index (χ2v) is 7.92. The number of aromatic nitrogens is 2. The minimum Gasteiger partial charge on any atom is -0.480 e. The summed E-state index contributed by atoms with van der Waals surface area (Å²) in [6.07, 6.45) is 5.10. The average molecular weight is 432 g/mol. The summed E-state index contributed by atoms with van der Waals surface area (Å²) in [5.74, 6) is -1.33. The van der Waals surface area contributed by atoms with Crippen LogP contribution in [0, 0.1) is 6.92 Å². The number of nitrogens with one attached hydrogen (secondary N) is 2. The number of amides is 1. The van der Waals surface area contributed by atoms with Crippen molar-refractivity contribution in [3.8, 4) is 5.69 Å². The zero-order valence-corrected chi connectivity index (χ0v) is 17.6. The number of anilines is 1. The predicted octanol–water partition coefficient (Wildman–Crippen LogP) is 2.54. The number of nitrogens with zero attached hydrogens (tertiary/aromatic N) is 2. The van der Waals surface area contributed by atoms with E-state index >= 15 is 0 Å². The van der Waals surface area contributed by atoms with Crippen molar-refractivity contribution in [3.63, 3.8) is 0 Å². The number of carbonyl (C=O) groups excluding carboxylic acids is 1. The van der Waals surface area contributed by atoms with Crippen LogP contribution in [0.1, 0.15) is 34.3 Å². The molecule has 0 spiro atoms. The first-order chi connectivity index (χ1) is 15.4. The molecular weight excluding hydrogens is 408 g/mol. The third-order valence-electron chi connectivity index (χ3n) is 5.38. The summed E-state index contributed by atoms with van der Waals surface area (Å²) in [7, 11) is 0. The Kier molecular flexibility index (Phi) is 6.02. The molecule has 3 aromatic rings. The minimum atomic E-state index is -1.08. The summed E-state index contributed by atoms with van der Waals surface area (Å²) in [5.41, 5.74) is 2.14. The van der Waals surface area contributed by atoms with Gasteiger partial charge in [0.1, 0.15) is 6.04 Å². The van der Waals surface area contributed by atoms with E-state index in [-0.39, 0.29) is 24.2 Å². The summed E-state index contributed by atoms with van der Waals surface area (Å²) in [4.78, 5) is 41.5. The van der Waals surface area contributed by atoms with Crippen molar-refractivity contribution in [3.05, 3.63) is 88.0 Å². The Labute approximate surface area is 184 Å². The third kappa shape index (κ3) is 4.85. The largest absolute Gasteiger partial charge is 0.480 e. The average Bonchev–Trinajstić information content (AvgIpc) is 3.60. The minimum absolute atomic E-state index is 0.0666. The van der Waals surface area contributed by atoms with Crippen LogP contribution in [-0.4, -0.2) is 38.6 Å². The van der Waals surface area contributed by atoms with Crippen LogP contribution in [0.15, 0.2) is 65.7 Å². The molecule has 1 atom stereocenters. The fourth-order valence-corrected chi connectivity index (χ4v) is 3.42. The Balaban J connectivity index is 1.62. The Morgan fingerprint density at radius 1 is 1.19 bits per heavy atom. The van der Waals surface area contributed by atoms with Gasteiger partial charge in [0.25, 0.3) is 11.5 Å². The van der Waals surface area contributed by atoms with Gasteiger partial charge in [-0.15, -0.1) is 0 Å². The van der Waals surface area contributed by atoms with Crippen molar-refractivity contribution in [2.75, 3.05) is 5.32 Å². The van der Waals surface area contributed by atoms with E-state index in [1.807, 2.05) is 37.3 Å². The number of hydrogen-bond donors (Lipinski definition) is 3. The molecule has 0 saturated heterocycles. The van der Waals surface area contributed by atoms with Crippen molar-refractivity contribution >= 4 is 17.7 Å². The topological polar surface area (TPSA) is 113 Å². The van der Waals surface area contributed by atoms with Gasteiger partial charge in [0.2, 0.25) is 0 Å². The SMILES string of the molecule is Cc1ccc(C(=O)NC2CC2)cc1-n1ccnc(NC(Cc2ccccc2)C(=O)O)c1=O. The second-order valence-electron chi connectivity index (χ2n) is 7.92. The van der Waals surface area contributed by atoms with Gasteiger partial charge in [-0.2, -0.15) is 0 Å². The van der Waals surface area contributed by atoms with Gasteiger partial charge in [-0.3, -0.25) is 14.2 Å². The molecule has 0 bridgehead atoms. The van der Waals surface area contributed by atoms with Crippen LogP contribution in [0.25, 0.3) is 5.69 Å². The smallest absolute Gasteiger partial charge is 0.326 e. The molecule has 3 N–H and O–H groups in total. The molecule has 1 heterocycles. The van der Waals surface area contributed by atoms with E-state index in [0.29, 0.717) is 11.3 Å². The van der Waals surface area contributed by atoms with Crippen molar-refractivity contribution in [2.24, 2.45) is 0 Å². The van der Waals surface area contributed by atoms with Crippen LogP contribution in [-0.2, 0) is 11.2 Å². The number of benzene rings is 2.